The fourth-order valence-electron chi connectivity index (χ4n) is 0.877. The maximum Gasteiger partial charge on any atom is 0.522 e. The van der Waals surface area contributed by atoms with E-state index in [9.17, 15) is 13.2 Å². The number of hydrogen-bond donors (Lipinski definition) is 1. The average Bonchev–Trinajstić information content (AvgIpc) is 2.50. The highest BCUT2D eigenvalue weighted by Crippen LogP contribution is 2.15. The van der Waals surface area contributed by atoms with Gasteiger partial charge in [-0.2, -0.15) is 0 Å². The van der Waals surface area contributed by atoms with Gasteiger partial charge in [-0.25, -0.2) is 4.98 Å². The first kappa shape index (κ1) is 11.0. The first-order valence-electron chi connectivity index (χ1n) is 3.83. The van der Waals surface area contributed by atoms with Gasteiger partial charge < -0.3 is 9.67 Å². The molecule has 0 amide bonds. The van der Waals surface area contributed by atoms with E-state index >= 15 is 0 Å². The minimum absolute atomic E-state index is 0.0481. The SMILES string of the molecule is OCc1cn(CCOC(F)(F)F)cn1. The number of nitrogens with zero attached hydrogens (tertiary/aromatic N) is 2. The van der Waals surface area contributed by atoms with Crippen molar-refractivity contribution in [1.82, 2.24) is 9.55 Å². The molecule has 80 valence electrons. The summed E-state index contributed by atoms with van der Waals surface area (Å²) in [5.41, 5.74) is 0.414. The van der Waals surface area contributed by atoms with Gasteiger partial charge in [-0.15, -0.1) is 13.2 Å². The van der Waals surface area contributed by atoms with Gasteiger partial charge in [0.25, 0.3) is 0 Å². The molecule has 0 saturated heterocycles. The lowest BCUT2D eigenvalue weighted by molar-refractivity contribution is -0.325. The van der Waals surface area contributed by atoms with Crippen molar-refractivity contribution in [3.8, 4) is 0 Å². The molecule has 7 heteroatoms. The molecule has 1 N–H and O–H groups in total. The van der Waals surface area contributed by atoms with Gasteiger partial charge in [0.15, 0.2) is 0 Å². The minimum Gasteiger partial charge on any atom is -0.390 e. The molecule has 1 rings (SSSR count). The monoisotopic (exact) mass is 210 g/mol. The quantitative estimate of drug-likeness (QED) is 0.803. The van der Waals surface area contributed by atoms with Crippen molar-refractivity contribution in [1.29, 1.82) is 0 Å². The Morgan fingerprint density at radius 3 is 2.71 bits per heavy atom. The number of ether oxygens (including phenoxy) is 1. The minimum atomic E-state index is -4.60. The van der Waals surface area contributed by atoms with E-state index in [1.165, 1.54) is 17.1 Å². The predicted molar refractivity (Wildman–Crippen MR) is 40.2 cm³/mol. The van der Waals surface area contributed by atoms with Crippen LogP contribution in [0.3, 0.4) is 0 Å². The van der Waals surface area contributed by atoms with E-state index in [4.69, 9.17) is 5.11 Å². The lowest BCUT2D eigenvalue weighted by atomic mass is 10.5. The van der Waals surface area contributed by atoms with Crippen LogP contribution < -0.4 is 0 Å². The van der Waals surface area contributed by atoms with Crippen molar-refractivity contribution in [2.45, 2.75) is 19.5 Å². The summed E-state index contributed by atoms with van der Waals surface area (Å²) in [6.07, 6.45) is -1.80. The highest BCUT2D eigenvalue weighted by molar-refractivity contribution is 4.93. The van der Waals surface area contributed by atoms with Crippen molar-refractivity contribution in [2.75, 3.05) is 6.61 Å². The Kier molecular flexibility index (Phi) is 3.48. The topological polar surface area (TPSA) is 47.3 Å². The van der Waals surface area contributed by atoms with Gasteiger partial charge in [0.05, 0.1) is 25.2 Å². The van der Waals surface area contributed by atoms with Crippen LogP contribution in [0.15, 0.2) is 12.5 Å². The zero-order valence-corrected chi connectivity index (χ0v) is 7.16. The van der Waals surface area contributed by atoms with Crippen LogP contribution in [0, 0.1) is 0 Å². The van der Waals surface area contributed by atoms with E-state index in [1.54, 1.807) is 0 Å². The van der Waals surface area contributed by atoms with E-state index in [2.05, 4.69) is 9.72 Å². The van der Waals surface area contributed by atoms with Crippen LogP contribution in [-0.2, 0) is 17.9 Å². The number of aliphatic hydroxyl groups is 1. The number of hydrogen-bond acceptors (Lipinski definition) is 3. The highest BCUT2D eigenvalue weighted by Gasteiger charge is 2.28. The summed E-state index contributed by atoms with van der Waals surface area (Å²) in [6.45, 7) is -0.648. The smallest absolute Gasteiger partial charge is 0.390 e. The van der Waals surface area contributed by atoms with Crippen LogP contribution in [0.2, 0.25) is 0 Å². The molecule has 14 heavy (non-hydrogen) atoms. The number of aliphatic hydroxyl groups excluding tert-OH is 1. The van der Waals surface area contributed by atoms with Crippen molar-refractivity contribution >= 4 is 0 Å². The summed E-state index contributed by atoms with van der Waals surface area (Å²) < 4.78 is 39.6. The molecule has 0 unspecified atom stereocenters. The lowest BCUT2D eigenvalue weighted by Crippen LogP contribution is -2.16. The first-order chi connectivity index (χ1) is 6.51. The lowest BCUT2D eigenvalue weighted by Gasteiger charge is -2.06. The van der Waals surface area contributed by atoms with Crippen LogP contribution in [0.1, 0.15) is 5.69 Å². The van der Waals surface area contributed by atoms with Crippen LogP contribution >= 0.6 is 0 Å². The Morgan fingerprint density at radius 1 is 1.50 bits per heavy atom. The molecule has 0 spiro atoms. The van der Waals surface area contributed by atoms with Gasteiger partial charge in [0.2, 0.25) is 0 Å². The Balaban J connectivity index is 2.31. The largest absolute Gasteiger partial charge is 0.522 e. The molecule has 0 aliphatic rings. The second-order valence-electron chi connectivity index (χ2n) is 2.56. The zero-order chi connectivity index (χ0) is 10.6. The summed E-state index contributed by atoms with van der Waals surface area (Å²) in [5, 5.41) is 8.62. The standard InChI is InChI=1S/C7H9F3N2O2/c8-7(9,10)14-2-1-12-3-6(4-13)11-5-12/h3,5,13H,1-2,4H2. The van der Waals surface area contributed by atoms with Gasteiger partial charge in [0, 0.05) is 12.7 Å². The molecule has 0 radical (unpaired) electrons. The normalized spacial score (nSPS) is 12.0. The van der Waals surface area contributed by atoms with Gasteiger partial charge in [0.1, 0.15) is 0 Å². The third kappa shape index (κ3) is 3.75. The van der Waals surface area contributed by atoms with Crippen molar-refractivity contribution in [2.24, 2.45) is 0 Å². The van der Waals surface area contributed by atoms with E-state index in [0.717, 1.165) is 0 Å². The Labute approximate surface area is 77.9 Å². The number of aromatic nitrogens is 2. The van der Waals surface area contributed by atoms with E-state index in [1.807, 2.05) is 0 Å². The number of alkyl halides is 3. The molecule has 0 saturated carbocycles. The highest BCUT2D eigenvalue weighted by atomic mass is 19.4. The molecule has 0 atom stereocenters. The van der Waals surface area contributed by atoms with Crippen LogP contribution in [0.25, 0.3) is 0 Å². The molecule has 1 aromatic rings. The number of rotatable bonds is 4. The molecule has 1 heterocycles. The molecular weight excluding hydrogens is 201 g/mol. The van der Waals surface area contributed by atoms with Crippen LogP contribution in [0.5, 0.6) is 0 Å². The summed E-state index contributed by atoms with van der Waals surface area (Å²) in [7, 11) is 0. The maximum atomic E-state index is 11.5. The number of imidazole rings is 1. The van der Waals surface area contributed by atoms with Crippen molar-refractivity contribution in [3.05, 3.63) is 18.2 Å². The fourth-order valence-corrected chi connectivity index (χ4v) is 0.877. The molecule has 0 aliphatic carbocycles. The summed E-state index contributed by atoms with van der Waals surface area (Å²) >= 11 is 0. The molecule has 0 aliphatic heterocycles. The summed E-state index contributed by atoms with van der Waals surface area (Å²) in [5.74, 6) is 0. The van der Waals surface area contributed by atoms with Gasteiger partial charge >= 0.3 is 6.36 Å². The second-order valence-corrected chi connectivity index (χ2v) is 2.56. The number of halogens is 3. The molecule has 0 fully saturated rings. The van der Waals surface area contributed by atoms with E-state index in [-0.39, 0.29) is 13.2 Å². The molecule has 0 aromatic carbocycles. The maximum absolute atomic E-state index is 11.5. The van der Waals surface area contributed by atoms with Gasteiger partial charge in [-0.1, -0.05) is 0 Å². The first-order valence-corrected chi connectivity index (χ1v) is 3.83. The Hall–Kier alpha value is -1.08. The van der Waals surface area contributed by atoms with Gasteiger partial charge in [-0.05, 0) is 0 Å². The predicted octanol–water partition coefficient (Wildman–Crippen LogP) is 0.912. The van der Waals surface area contributed by atoms with Crippen molar-refractivity contribution < 1.29 is 23.0 Å². The second kappa shape index (κ2) is 4.43. The molecular formula is C7H9F3N2O2. The third-order valence-electron chi connectivity index (χ3n) is 1.46. The van der Waals surface area contributed by atoms with Crippen LogP contribution in [-0.4, -0.2) is 27.6 Å². The Bertz CT molecular complexity index is 285. The molecule has 4 nitrogen and oxygen atoms in total. The van der Waals surface area contributed by atoms with Crippen LogP contribution in [0.4, 0.5) is 13.2 Å². The third-order valence-corrected chi connectivity index (χ3v) is 1.46. The average molecular weight is 210 g/mol. The van der Waals surface area contributed by atoms with E-state index < -0.39 is 13.0 Å². The fraction of sp³-hybridized carbons (Fsp3) is 0.571. The summed E-state index contributed by atoms with van der Waals surface area (Å²) in [6, 6.07) is 0. The van der Waals surface area contributed by atoms with Gasteiger partial charge in [-0.3, -0.25) is 4.74 Å². The van der Waals surface area contributed by atoms with Crippen molar-refractivity contribution in [3.63, 3.8) is 0 Å². The molecule has 0 bridgehead atoms. The Morgan fingerprint density at radius 2 is 2.21 bits per heavy atom. The zero-order valence-electron chi connectivity index (χ0n) is 7.16. The summed E-state index contributed by atoms with van der Waals surface area (Å²) in [4.78, 5) is 3.73. The molecule has 1 aromatic heterocycles. The van der Waals surface area contributed by atoms with E-state index in [0.29, 0.717) is 5.69 Å².